The van der Waals surface area contributed by atoms with Crippen molar-refractivity contribution in [3.8, 4) is 6.07 Å². The van der Waals surface area contributed by atoms with Crippen LogP contribution in [0.2, 0.25) is 0 Å². The van der Waals surface area contributed by atoms with Crippen molar-refractivity contribution < 1.29 is 8.60 Å². The van der Waals surface area contributed by atoms with Gasteiger partial charge in [0.2, 0.25) is 0 Å². The minimum Gasteiger partial charge on any atom is -0.254 e. The predicted molar refractivity (Wildman–Crippen MR) is 77.1 cm³/mol. The molecule has 0 heterocycles. The molecule has 0 spiro atoms. The molecule has 0 saturated carbocycles. The normalized spacial score (nSPS) is 11.9. The Hall–Kier alpha value is -1.99. The molecule has 0 aromatic heterocycles. The molecule has 2 aromatic carbocycles. The number of nitrogens with zero attached hydrogens (tertiary/aromatic N) is 1. The summed E-state index contributed by atoms with van der Waals surface area (Å²) in [5.41, 5.74) is 2.24. The van der Waals surface area contributed by atoms with Gasteiger partial charge in [-0.05, 0) is 37.1 Å². The van der Waals surface area contributed by atoms with Crippen LogP contribution in [0.5, 0.6) is 0 Å². The van der Waals surface area contributed by atoms with Gasteiger partial charge in [0.15, 0.2) is 0 Å². The highest BCUT2D eigenvalue weighted by Crippen LogP contribution is 2.20. The lowest BCUT2D eigenvalue weighted by molar-refractivity contribution is 0.611. The van der Waals surface area contributed by atoms with Crippen LogP contribution >= 0.6 is 0 Å². The Labute approximate surface area is 120 Å². The highest BCUT2D eigenvalue weighted by Gasteiger charge is 2.13. The van der Waals surface area contributed by atoms with Gasteiger partial charge in [0.25, 0.3) is 0 Å². The van der Waals surface area contributed by atoms with Crippen molar-refractivity contribution in [2.45, 2.75) is 24.5 Å². The average Bonchev–Trinajstić information content (AvgIpc) is 2.43. The maximum absolute atomic E-state index is 14.0. The molecule has 0 fully saturated rings. The van der Waals surface area contributed by atoms with Crippen molar-refractivity contribution in [2.24, 2.45) is 0 Å². The van der Waals surface area contributed by atoms with E-state index in [1.807, 2.05) is 32.0 Å². The lowest BCUT2D eigenvalue weighted by atomic mass is 10.1. The highest BCUT2D eigenvalue weighted by molar-refractivity contribution is 7.84. The van der Waals surface area contributed by atoms with E-state index in [9.17, 15) is 8.60 Å². The third kappa shape index (κ3) is 2.94. The van der Waals surface area contributed by atoms with Crippen molar-refractivity contribution in [3.05, 3.63) is 64.5 Å². The van der Waals surface area contributed by atoms with Crippen molar-refractivity contribution >= 4 is 10.8 Å². The van der Waals surface area contributed by atoms with Crippen molar-refractivity contribution in [3.63, 3.8) is 0 Å². The van der Waals surface area contributed by atoms with Crippen LogP contribution in [-0.4, -0.2) is 4.21 Å². The Morgan fingerprint density at radius 3 is 2.70 bits per heavy atom. The molecule has 0 radical (unpaired) electrons. The van der Waals surface area contributed by atoms with E-state index in [2.05, 4.69) is 0 Å². The number of aryl methyl sites for hydroxylation is 2. The number of nitriles is 1. The summed E-state index contributed by atoms with van der Waals surface area (Å²) in [5, 5.41) is 8.81. The Morgan fingerprint density at radius 2 is 2.00 bits per heavy atom. The molecule has 2 aromatic rings. The van der Waals surface area contributed by atoms with Gasteiger partial charge in [0.05, 0.1) is 22.1 Å². The van der Waals surface area contributed by atoms with Crippen LogP contribution in [0.1, 0.15) is 22.3 Å². The Kier molecular flexibility index (Phi) is 4.31. The number of benzene rings is 2. The van der Waals surface area contributed by atoms with Crippen LogP contribution in [0.4, 0.5) is 4.39 Å². The smallest absolute Gasteiger partial charge is 0.145 e. The topological polar surface area (TPSA) is 40.9 Å². The zero-order valence-corrected chi connectivity index (χ0v) is 12.1. The predicted octanol–water partition coefficient (Wildman–Crippen LogP) is 3.62. The van der Waals surface area contributed by atoms with Gasteiger partial charge in [-0.25, -0.2) is 4.39 Å². The molecule has 4 heteroatoms. The van der Waals surface area contributed by atoms with Gasteiger partial charge in [0, 0.05) is 10.5 Å². The molecule has 0 saturated heterocycles. The fourth-order valence-electron chi connectivity index (χ4n) is 1.95. The second-order valence-electron chi connectivity index (χ2n) is 4.65. The SMILES string of the molecule is Cc1ccc(C)c(S(=O)Cc2cccc(C#N)c2F)c1. The lowest BCUT2D eigenvalue weighted by Crippen LogP contribution is -2.02. The molecule has 2 nitrogen and oxygen atoms in total. The molecule has 1 atom stereocenters. The number of halogens is 1. The first-order valence-corrected chi connectivity index (χ1v) is 7.48. The Balaban J connectivity index is 2.33. The van der Waals surface area contributed by atoms with E-state index < -0.39 is 16.6 Å². The first-order valence-electron chi connectivity index (χ1n) is 6.16. The quantitative estimate of drug-likeness (QED) is 0.865. The van der Waals surface area contributed by atoms with Crippen molar-refractivity contribution in [2.75, 3.05) is 0 Å². The van der Waals surface area contributed by atoms with E-state index in [1.165, 1.54) is 6.07 Å². The molecule has 0 aliphatic rings. The molecule has 0 N–H and O–H groups in total. The zero-order valence-electron chi connectivity index (χ0n) is 11.3. The molecule has 20 heavy (non-hydrogen) atoms. The van der Waals surface area contributed by atoms with Crippen LogP contribution in [0.25, 0.3) is 0 Å². The summed E-state index contributed by atoms with van der Waals surface area (Å²) in [7, 11) is -1.33. The van der Waals surface area contributed by atoms with E-state index >= 15 is 0 Å². The average molecular weight is 287 g/mol. The number of hydrogen-bond donors (Lipinski definition) is 0. The monoisotopic (exact) mass is 287 g/mol. The van der Waals surface area contributed by atoms with Gasteiger partial charge in [-0.2, -0.15) is 5.26 Å². The van der Waals surface area contributed by atoms with Crippen LogP contribution in [-0.2, 0) is 16.6 Å². The van der Waals surface area contributed by atoms with E-state index in [1.54, 1.807) is 18.2 Å². The minimum absolute atomic E-state index is 0.0135. The molecule has 2 rings (SSSR count). The zero-order chi connectivity index (χ0) is 14.7. The summed E-state index contributed by atoms with van der Waals surface area (Å²) in [6.07, 6.45) is 0. The summed E-state index contributed by atoms with van der Waals surface area (Å²) in [6.45, 7) is 3.81. The van der Waals surface area contributed by atoms with Gasteiger partial charge in [0.1, 0.15) is 11.9 Å². The maximum Gasteiger partial charge on any atom is 0.145 e. The van der Waals surface area contributed by atoms with Crippen LogP contribution in [0.15, 0.2) is 41.3 Å². The maximum atomic E-state index is 14.0. The fraction of sp³-hybridized carbons (Fsp3) is 0.188. The molecule has 102 valence electrons. The summed E-state index contributed by atoms with van der Waals surface area (Å²) in [4.78, 5) is 0.715. The molecule has 1 unspecified atom stereocenters. The van der Waals surface area contributed by atoms with Gasteiger partial charge < -0.3 is 0 Å². The summed E-state index contributed by atoms with van der Waals surface area (Å²) < 4.78 is 26.4. The van der Waals surface area contributed by atoms with Gasteiger partial charge in [-0.15, -0.1) is 0 Å². The summed E-state index contributed by atoms with van der Waals surface area (Å²) in [6, 6.07) is 12.1. The lowest BCUT2D eigenvalue weighted by Gasteiger charge is -2.08. The van der Waals surface area contributed by atoms with Crippen LogP contribution < -0.4 is 0 Å². The fourth-order valence-corrected chi connectivity index (χ4v) is 3.35. The molecular weight excluding hydrogens is 273 g/mol. The van der Waals surface area contributed by atoms with Crippen molar-refractivity contribution in [1.82, 2.24) is 0 Å². The number of rotatable bonds is 3. The van der Waals surface area contributed by atoms with E-state index in [4.69, 9.17) is 5.26 Å². The molecule has 0 bridgehead atoms. The molecule has 0 aliphatic heterocycles. The van der Waals surface area contributed by atoms with Gasteiger partial charge in [-0.3, -0.25) is 4.21 Å². The molecule has 0 amide bonds. The van der Waals surface area contributed by atoms with E-state index in [-0.39, 0.29) is 11.3 Å². The standard InChI is InChI=1S/C16H14FNOS/c1-11-6-7-12(2)15(8-11)20(19)10-14-5-3-4-13(9-18)16(14)17/h3-8H,10H2,1-2H3. The summed E-state index contributed by atoms with van der Waals surface area (Å²) in [5.74, 6) is -0.500. The van der Waals surface area contributed by atoms with E-state index in [0.717, 1.165) is 11.1 Å². The van der Waals surface area contributed by atoms with Crippen LogP contribution in [0, 0.1) is 31.0 Å². The molecule has 0 aliphatic carbocycles. The van der Waals surface area contributed by atoms with Gasteiger partial charge in [-0.1, -0.05) is 24.3 Å². The van der Waals surface area contributed by atoms with Gasteiger partial charge >= 0.3 is 0 Å². The van der Waals surface area contributed by atoms with Crippen LogP contribution in [0.3, 0.4) is 0 Å². The second kappa shape index (κ2) is 5.98. The van der Waals surface area contributed by atoms with E-state index in [0.29, 0.717) is 10.5 Å². The Bertz CT molecular complexity index is 719. The second-order valence-corrected chi connectivity index (χ2v) is 6.07. The Morgan fingerprint density at radius 1 is 1.25 bits per heavy atom. The third-order valence-corrected chi connectivity index (χ3v) is 4.58. The minimum atomic E-state index is -1.33. The largest absolute Gasteiger partial charge is 0.254 e. The number of hydrogen-bond acceptors (Lipinski definition) is 2. The summed E-state index contributed by atoms with van der Waals surface area (Å²) >= 11 is 0. The highest BCUT2D eigenvalue weighted by atomic mass is 32.2. The first kappa shape index (κ1) is 14.4. The van der Waals surface area contributed by atoms with Crippen molar-refractivity contribution in [1.29, 1.82) is 5.26 Å². The molecular formula is C16H14FNOS. The third-order valence-electron chi connectivity index (χ3n) is 3.07. The first-order chi connectivity index (χ1) is 9.52.